The standard InChI is InChI=1S/C56H111NO3/c1-3-5-7-9-11-13-15-17-18-19-20-21-22-23-24-25-26-27-28-29-30-31-32-33-34-35-36-37-38-40-42-44-46-48-50-52-56(60)57-54(53-58)55(59)51-49-47-45-43-41-39-16-14-12-10-8-6-4-2/h49,51,54-55,58-59H,3-48,50,52-53H2,1-2H3,(H,57,60)/b51-49+. The number of carbonyl (C=O) groups is 1. The summed E-state index contributed by atoms with van der Waals surface area (Å²) in [5.74, 6) is -0.0575. The van der Waals surface area contributed by atoms with E-state index in [4.69, 9.17) is 0 Å². The lowest BCUT2D eigenvalue weighted by Gasteiger charge is -2.20. The zero-order valence-corrected chi connectivity index (χ0v) is 41.3. The van der Waals surface area contributed by atoms with Gasteiger partial charge in [0.15, 0.2) is 0 Å². The van der Waals surface area contributed by atoms with E-state index >= 15 is 0 Å². The molecule has 0 bridgehead atoms. The molecule has 60 heavy (non-hydrogen) atoms. The van der Waals surface area contributed by atoms with Crippen molar-refractivity contribution in [1.82, 2.24) is 5.32 Å². The molecule has 0 fully saturated rings. The minimum atomic E-state index is -0.834. The summed E-state index contributed by atoms with van der Waals surface area (Å²) in [6, 6.07) is -0.617. The molecule has 0 aromatic carbocycles. The Labute approximate surface area is 377 Å². The third-order valence-corrected chi connectivity index (χ3v) is 13.3. The van der Waals surface area contributed by atoms with Crippen molar-refractivity contribution < 1.29 is 15.0 Å². The van der Waals surface area contributed by atoms with E-state index in [9.17, 15) is 15.0 Å². The second-order valence-corrected chi connectivity index (χ2v) is 19.4. The van der Waals surface area contributed by atoms with Gasteiger partial charge >= 0.3 is 0 Å². The highest BCUT2D eigenvalue weighted by Crippen LogP contribution is 2.18. The Morgan fingerprint density at radius 2 is 0.617 bits per heavy atom. The molecule has 0 saturated heterocycles. The first-order valence-electron chi connectivity index (χ1n) is 27.9. The summed E-state index contributed by atoms with van der Waals surface area (Å²) in [6.45, 7) is 4.33. The third kappa shape index (κ3) is 48.2. The number of hydrogen-bond acceptors (Lipinski definition) is 3. The van der Waals surface area contributed by atoms with Crippen molar-refractivity contribution in [3.05, 3.63) is 12.2 Å². The molecule has 2 unspecified atom stereocenters. The van der Waals surface area contributed by atoms with Crippen molar-refractivity contribution in [2.24, 2.45) is 0 Å². The summed E-state index contributed by atoms with van der Waals surface area (Å²) in [7, 11) is 0. The fourth-order valence-electron chi connectivity index (χ4n) is 9.01. The van der Waals surface area contributed by atoms with Crippen molar-refractivity contribution in [2.45, 2.75) is 334 Å². The van der Waals surface area contributed by atoms with E-state index in [0.29, 0.717) is 6.42 Å². The van der Waals surface area contributed by atoms with Crippen LogP contribution >= 0.6 is 0 Å². The molecule has 0 aliphatic heterocycles. The van der Waals surface area contributed by atoms with Gasteiger partial charge in [0.2, 0.25) is 5.91 Å². The molecule has 0 aromatic heterocycles. The maximum Gasteiger partial charge on any atom is 0.220 e. The van der Waals surface area contributed by atoms with Crippen LogP contribution in [0.15, 0.2) is 12.2 Å². The minimum Gasteiger partial charge on any atom is -0.394 e. The lowest BCUT2D eigenvalue weighted by atomic mass is 10.0. The van der Waals surface area contributed by atoms with Gasteiger partial charge in [-0.25, -0.2) is 0 Å². The highest BCUT2D eigenvalue weighted by atomic mass is 16.3. The first kappa shape index (κ1) is 59.1. The molecule has 4 heteroatoms. The molecular formula is C56H111NO3. The Kier molecular flexibility index (Phi) is 51.7. The van der Waals surface area contributed by atoms with Crippen molar-refractivity contribution in [2.75, 3.05) is 6.61 Å². The van der Waals surface area contributed by atoms with Crippen molar-refractivity contribution in [3.63, 3.8) is 0 Å². The van der Waals surface area contributed by atoms with Crippen molar-refractivity contribution in [3.8, 4) is 0 Å². The number of nitrogens with one attached hydrogen (secondary N) is 1. The highest BCUT2D eigenvalue weighted by Gasteiger charge is 2.18. The molecule has 0 radical (unpaired) electrons. The Morgan fingerprint density at radius 3 is 0.867 bits per heavy atom. The Morgan fingerprint density at radius 1 is 0.383 bits per heavy atom. The minimum absolute atomic E-state index is 0.0575. The summed E-state index contributed by atoms with van der Waals surface area (Å²) in [6.07, 6.45) is 68.2. The van der Waals surface area contributed by atoms with Crippen LogP contribution in [-0.2, 0) is 4.79 Å². The van der Waals surface area contributed by atoms with Crippen LogP contribution in [0, 0.1) is 0 Å². The second kappa shape index (κ2) is 52.5. The smallest absolute Gasteiger partial charge is 0.220 e. The van der Waals surface area contributed by atoms with Crippen LogP contribution in [0.25, 0.3) is 0 Å². The quantitative estimate of drug-likeness (QED) is 0.0422. The summed E-state index contributed by atoms with van der Waals surface area (Å²) >= 11 is 0. The number of unbranched alkanes of at least 4 members (excludes halogenated alkanes) is 45. The average Bonchev–Trinajstić information content (AvgIpc) is 3.25. The lowest BCUT2D eigenvalue weighted by Crippen LogP contribution is -2.45. The van der Waals surface area contributed by atoms with Crippen LogP contribution in [0.4, 0.5) is 0 Å². The van der Waals surface area contributed by atoms with E-state index in [1.807, 2.05) is 6.08 Å². The van der Waals surface area contributed by atoms with Gasteiger partial charge in [-0.1, -0.05) is 309 Å². The van der Waals surface area contributed by atoms with E-state index in [1.54, 1.807) is 6.08 Å². The van der Waals surface area contributed by atoms with Crippen molar-refractivity contribution in [1.29, 1.82) is 0 Å². The SMILES string of the molecule is CCCCCCCCCCCCC/C=C/C(O)C(CO)NC(=O)CCCCCCCCCCCCCCCCCCCCCCCCCCCCCCCCCCCCC. The van der Waals surface area contributed by atoms with Crippen LogP contribution in [0.3, 0.4) is 0 Å². The number of allylic oxidation sites excluding steroid dienone is 1. The van der Waals surface area contributed by atoms with Crippen LogP contribution in [0.2, 0.25) is 0 Å². The van der Waals surface area contributed by atoms with Gasteiger partial charge < -0.3 is 15.5 Å². The van der Waals surface area contributed by atoms with Gasteiger partial charge in [-0.3, -0.25) is 4.79 Å². The van der Waals surface area contributed by atoms with E-state index in [0.717, 1.165) is 25.7 Å². The number of aliphatic hydroxyl groups is 2. The maximum atomic E-state index is 12.4. The van der Waals surface area contributed by atoms with Crippen LogP contribution < -0.4 is 5.32 Å². The largest absolute Gasteiger partial charge is 0.394 e. The molecule has 0 spiro atoms. The molecule has 2 atom stereocenters. The Hall–Kier alpha value is -0.870. The molecule has 1 amide bonds. The molecule has 0 aromatic rings. The lowest BCUT2D eigenvalue weighted by molar-refractivity contribution is -0.123. The van der Waals surface area contributed by atoms with Gasteiger partial charge in [-0.05, 0) is 19.3 Å². The molecule has 4 nitrogen and oxygen atoms in total. The molecule has 0 saturated carbocycles. The average molecular weight is 847 g/mol. The number of amides is 1. The van der Waals surface area contributed by atoms with E-state index < -0.39 is 12.1 Å². The molecular weight excluding hydrogens is 735 g/mol. The third-order valence-electron chi connectivity index (χ3n) is 13.3. The summed E-state index contributed by atoms with van der Waals surface area (Å²) in [5, 5.41) is 23.1. The van der Waals surface area contributed by atoms with Gasteiger partial charge in [-0.2, -0.15) is 0 Å². The second-order valence-electron chi connectivity index (χ2n) is 19.4. The van der Waals surface area contributed by atoms with E-state index in [2.05, 4.69) is 19.2 Å². The number of hydrogen-bond donors (Lipinski definition) is 3. The molecule has 0 aliphatic rings. The first-order chi connectivity index (χ1) is 29.7. The topological polar surface area (TPSA) is 69.6 Å². The summed E-state index contributed by atoms with van der Waals surface area (Å²) in [5.41, 5.74) is 0. The number of carbonyl (C=O) groups excluding carboxylic acids is 1. The molecule has 3 N–H and O–H groups in total. The molecule has 0 aliphatic carbocycles. The normalized spacial score (nSPS) is 12.8. The van der Waals surface area contributed by atoms with E-state index in [-0.39, 0.29) is 12.5 Å². The predicted octanol–water partition coefficient (Wildman–Crippen LogP) is 18.1. The number of aliphatic hydroxyl groups excluding tert-OH is 2. The van der Waals surface area contributed by atoms with Crippen LogP contribution in [0.1, 0.15) is 322 Å². The Balaban J connectivity index is 3.36. The van der Waals surface area contributed by atoms with Gasteiger partial charge in [0, 0.05) is 6.42 Å². The first-order valence-corrected chi connectivity index (χ1v) is 27.9. The van der Waals surface area contributed by atoms with E-state index in [1.165, 1.54) is 276 Å². The fourth-order valence-corrected chi connectivity index (χ4v) is 9.01. The Bertz CT molecular complexity index is 829. The molecule has 0 rings (SSSR count). The van der Waals surface area contributed by atoms with Gasteiger partial charge in [-0.15, -0.1) is 0 Å². The number of rotatable bonds is 52. The maximum absolute atomic E-state index is 12.4. The molecule has 0 heterocycles. The van der Waals surface area contributed by atoms with Crippen LogP contribution in [0.5, 0.6) is 0 Å². The monoisotopic (exact) mass is 846 g/mol. The fraction of sp³-hybridized carbons (Fsp3) is 0.946. The van der Waals surface area contributed by atoms with Gasteiger partial charge in [0.05, 0.1) is 18.8 Å². The van der Waals surface area contributed by atoms with Gasteiger partial charge in [0.25, 0.3) is 0 Å². The zero-order valence-electron chi connectivity index (χ0n) is 41.3. The van der Waals surface area contributed by atoms with Crippen molar-refractivity contribution >= 4 is 5.91 Å². The van der Waals surface area contributed by atoms with Gasteiger partial charge in [0.1, 0.15) is 0 Å². The van der Waals surface area contributed by atoms with Crippen LogP contribution in [-0.4, -0.2) is 34.9 Å². The molecule has 358 valence electrons. The predicted molar refractivity (Wildman–Crippen MR) is 267 cm³/mol. The summed E-state index contributed by atoms with van der Waals surface area (Å²) < 4.78 is 0. The highest BCUT2D eigenvalue weighted by molar-refractivity contribution is 5.76. The summed E-state index contributed by atoms with van der Waals surface area (Å²) in [4.78, 5) is 12.4. The zero-order chi connectivity index (χ0) is 43.5.